The fourth-order valence-corrected chi connectivity index (χ4v) is 1.87. The van der Waals surface area contributed by atoms with Crippen LogP contribution in [0.25, 0.3) is 0 Å². The summed E-state index contributed by atoms with van der Waals surface area (Å²) in [6.07, 6.45) is 0. The Morgan fingerprint density at radius 3 is 2.35 bits per heavy atom. The quantitative estimate of drug-likeness (QED) is 0.810. The summed E-state index contributed by atoms with van der Waals surface area (Å²) in [6.45, 7) is 3.95. The molecule has 1 N–H and O–H groups in total. The van der Waals surface area contributed by atoms with Gasteiger partial charge in [0.1, 0.15) is 11.8 Å². The van der Waals surface area contributed by atoms with Crippen molar-refractivity contribution in [1.29, 1.82) is 0 Å². The first kappa shape index (κ1) is 13.5. The monoisotopic (exact) mass is 237 g/mol. The van der Waals surface area contributed by atoms with Gasteiger partial charge in [0.05, 0.1) is 14.2 Å². The first-order valence-electron chi connectivity index (χ1n) is 5.46. The van der Waals surface area contributed by atoms with Crippen molar-refractivity contribution in [2.24, 2.45) is 0 Å². The van der Waals surface area contributed by atoms with Gasteiger partial charge in [-0.15, -0.1) is 0 Å². The van der Waals surface area contributed by atoms with Crippen LogP contribution in [0.1, 0.15) is 22.7 Å². The van der Waals surface area contributed by atoms with Crippen LogP contribution in [0, 0.1) is 13.8 Å². The lowest BCUT2D eigenvalue weighted by molar-refractivity contribution is -0.143. The van der Waals surface area contributed by atoms with Gasteiger partial charge in [-0.3, -0.25) is 0 Å². The minimum atomic E-state index is -0.440. The number of carbonyl (C=O) groups excluding carboxylic acids is 1. The van der Waals surface area contributed by atoms with Crippen molar-refractivity contribution in [2.45, 2.75) is 19.9 Å². The zero-order chi connectivity index (χ0) is 13.0. The molecule has 0 aromatic heterocycles. The highest BCUT2D eigenvalue weighted by Crippen LogP contribution is 2.28. The van der Waals surface area contributed by atoms with E-state index in [-0.39, 0.29) is 5.97 Å². The van der Waals surface area contributed by atoms with E-state index < -0.39 is 6.04 Å². The summed E-state index contributed by atoms with van der Waals surface area (Å²) in [5, 5.41) is 2.96. The standard InChI is InChI=1S/C13H19NO3/c1-8-9(2)11(16-4)7-6-10(8)12(14-3)13(15)17-5/h6-7,12,14H,1-5H3. The van der Waals surface area contributed by atoms with E-state index in [4.69, 9.17) is 9.47 Å². The molecule has 0 aliphatic rings. The van der Waals surface area contributed by atoms with Crippen molar-refractivity contribution < 1.29 is 14.3 Å². The molecule has 4 nitrogen and oxygen atoms in total. The average molecular weight is 237 g/mol. The van der Waals surface area contributed by atoms with Gasteiger partial charge in [-0.1, -0.05) is 6.07 Å². The number of hydrogen-bond donors (Lipinski definition) is 1. The lowest BCUT2D eigenvalue weighted by atomic mass is 9.97. The summed E-state index contributed by atoms with van der Waals surface area (Å²) in [5.41, 5.74) is 2.99. The van der Waals surface area contributed by atoms with Crippen LogP contribution in [0.15, 0.2) is 12.1 Å². The van der Waals surface area contributed by atoms with Crippen molar-refractivity contribution in [3.05, 3.63) is 28.8 Å². The van der Waals surface area contributed by atoms with E-state index in [9.17, 15) is 4.79 Å². The Bertz CT molecular complexity index is 415. The second-order valence-corrected chi connectivity index (χ2v) is 3.85. The van der Waals surface area contributed by atoms with E-state index >= 15 is 0 Å². The number of nitrogens with one attached hydrogen (secondary N) is 1. The number of benzene rings is 1. The first-order chi connectivity index (χ1) is 8.06. The van der Waals surface area contributed by atoms with Crippen LogP contribution in [0.4, 0.5) is 0 Å². The molecule has 0 saturated heterocycles. The number of rotatable bonds is 4. The summed E-state index contributed by atoms with van der Waals surface area (Å²) < 4.78 is 10.0. The normalized spacial score (nSPS) is 12.1. The van der Waals surface area contributed by atoms with Gasteiger partial charge in [0.25, 0.3) is 0 Å². The van der Waals surface area contributed by atoms with E-state index in [0.717, 1.165) is 22.4 Å². The van der Waals surface area contributed by atoms with Gasteiger partial charge in [-0.25, -0.2) is 4.79 Å². The summed E-state index contributed by atoms with van der Waals surface area (Å²) in [5.74, 6) is 0.533. The molecule has 94 valence electrons. The molecule has 0 bridgehead atoms. The maximum Gasteiger partial charge on any atom is 0.327 e. The largest absolute Gasteiger partial charge is 0.496 e. The van der Waals surface area contributed by atoms with Gasteiger partial charge in [0.15, 0.2) is 0 Å². The zero-order valence-corrected chi connectivity index (χ0v) is 11.0. The molecule has 1 aromatic carbocycles. The first-order valence-corrected chi connectivity index (χ1v) is 5.46. The molecule has 1 unspecified atom stereocenters. The molecule has 0 radical (unpaired) electrons. The summed E-state index contributed by atoms with van der Waals surface area (Å²) in [6, 6.07) is 3.31. The average Bonchev–Trinajstić information content (AvgIpc) is 2.35. The van der Waals surface area contributed by atoms with Gasteiger partial charge in [0.2, 0.25) is 0 Å². The third kappa shape index (κ3) is 2.58. The Hall–Kier alpha value is -1.55. The number of hydrogen-bond acceptors (Lipinski definition) is 4. The van der Waals surface area contributed by atoms with E-state index in [2.05, 4.69) is 5.32 Å². The van der Waals surface area contributed by atoms with Crippen LogP contribution in [-0.4, -0.2) is 27.2 Å². The fraction of sp³-hybridized carbons (Fsp3) is 0.462. The van der Waals surface area contributed by atoms with Crippen molar-refractivity contribution in [1.82, 2.24) is 5.32 Å². The van der Waals surface area contributed by atoms with Crippen molar-refractivity contribution in [3.63, 3.8) is 0 Å². The predicted octanol–water partition coefficient (Wildman–Crippen LogP) is 1.75. The number of methoxy groups -OCH3 is 2. The number of likely N-dealkylation sites (N-methyl/N-ethyl adjacent to an activating group) is 1. The smallest absolute Gasteiger partial charge is 0.327 e. The molecule has 1 aromatic rings. The fourth-order valence-electron chi connectivity index (χ4n) is 1.87. The molecule has 0 amide bonds. The van der Waals surface area contributed by atoms with Crippen LogP contribution >= 0.6 is 0 Å². The number of esters is 1. The number of carbonyl (C=O) groups is 1. The molecule has 0 aliphatic heterocycles. The highest BCUT2D eigenvalue weighted by molar-refractivity contribution is 5.78. The Morgan fingerprint density at radius 1 is 1.24 bits per heavy atom. The second-order valence-electron chi connectivity index (χ2n) is 3.85. The van der Waals surface area contributed by atoms with Crippen molar-refractivity contribution in [3.8, 4) is 5.75 Å². The molecular weight excluding hydrogens is 218 g/mol. The Labute approximate surface area is 102 Å². The maximum absolute atomic E-state index is 11.6. The lowest BCUT2D eigenvalue weighted by Gasteiger charge is -2.19. The van der Waals surface area contributed by atoms with Crippen LogP contribution in [0.3, 0.4) is 0 Å². The zero-order valence-electron chi connectivity index (χ0n) is 11.0. The molecule has 0 heterocycles. The Kier molecular flexibility index (Phi) is 4.52. The SMILES string of the molecule is CNC(C(=O)OC)c1ccc(OC)c(C)c1C. The third-order valence-electron chi connectivity index (χ3n) is 3.04. The molecular formula is C13H19NO3. The van der Waals surface area contributed by atoms with Crippen LogP contribution < -0.4 is 10.1 Å². The number of ether oxygens (including phenoxy) is 2. The summed E-state index contributed by atoms with van der Waals surface area (Å²) >= 11 is 0. The molecule has 0 saturated carbocycles. The van der Waals surface area contributed by atoms with Crippen molar-refractivity contribution in [2.75, 3.05) is 21.3 Å². The summed E-state index contributed by atoms with van der Waals surface area (Å²) in [7, 11) is 4.76. The van der Waals surface area contributed by atoms with Crippen molar-refractivity contribution >= 4 is 5.97 Å². The topological polar surface area (TPSA) is 47.6 Å². The van der Waals surface area contributed by atoms with Crippen LogP contribution in [-0.2, 0) is 9.53 Å². The van der Waals surface area contributed by atoms with Gasteiger partial charge < -0.3 is 14.8 Å². The van der Waals surface area contributed by atoms with Gasteiger partial charge >= 0.3 is 5.97 Å². The molecule has 1 atom stereocenters. The summed E-state index contributed by atoms with van der Waals surface area (Å²) in [4.78, 5) is 11.6. The molecule has 0 fully saturated rings. The highest BCUT2D eigenvalue weighted by atomic mass is 16.5. The van der Waals surface area contributed by atoms with Gasteiger partial charge in [-0.2, -0.15) is 0 Å². The van der Waals surface area contributed by atoms with E-state index in [1.807, 2.05) is 26.0 Å². The van der Waals surface area contributed by atoms with E-state index in [1.165, 1.54) is 7.11 Å². The van der Waals surface area contributed by atoms with E-state index in [1.54, 1.807) is 14.2 Å². The van der Waals surface area contributed by atoms with Gasteiger partial charge in [-0.05, 0) is 43.7 Å². The molecule has 4 heteroatoms. The lowest BCUT2D eigenvalue weighted by Crippen LogP contribution is -2.27. The molecule has 17 heavy (non-hydrogen) atoms. The molecule has 1 rings (SSSR count). The Balaban J connectivity index is 3.22. The Morgan fingerprint density at radius 2 is 1.88 bits per heavy atom. The predicted molar refractivity (Wildman–Crippen MR) is 66.3 cm³/mol. The van der Waals surface area contributed by atoms with Crippen LogP contribution in [0.2, 0.25) is 0 Å². The molecule has 0 spiro atoms. The minimum absolute atomic E-state index is 0.292. The minimum Gasteiger partial charge on any atom is -0.496 e. The van der Waals surface area contributed by atoms with E-state index in [0.29, 0.717) is 0 Å². The van der Waals surface area contributed by atoms with Gasteiger partial charge in [0, 0.05) is 0 Å². The maximum atomic E-state index is 11.6. The third-order valence-corrected chi connectivity index (χ3v) is 3.04. The molecule has 0 aliphatic carbocycles. The second kappa shape index (κ2) is 5.68. The highest BCUT2D eigenvalue weighted by Gasteiger charge is 2.22. The van der Waals surface area contributed by atoms with Crippen LogP contribution in [0.5, 0.6) is 5.75 Å².